The first-order valence-electron chi connectivity index (χ1n) is 7.52. The number of hydrogen-bond donors (Lipinski definition) is 3. The number of carbonyl (C=O) groups excluding carboxylic acids is 1. The van der Waals surface area contributed by atoms with Gasteiger partial charge in [-0.2, -0.15) is 0 Å². The number of carbonyl (C=O) groups is 1. The third-order valence-corrected chi connectivity index (χ3v) is 4.48. The number of hydrazine groups is 1. The zero-order valence-electron chi connectivity index (χ0n) is 13.0. The maximum Gasteiger partial charge on any atom is 0.336 e. The number of hydrogen-bond acceptors (Lipinski definition) is 3. The number of nitrogens with one attached hydrogen (secondary N) is 2. The number of urea groups is 1. The van der Waals surface area contributed by atoms with Gasteiger partial charge in [-0.05, 0) is 42.3 Å². The first kappa shape index (κ1) is 17.0. The summed E-state index contributed by atoms with van der Waals surface area (Å²) in [6, 6.07) is 10.2. The minimum Gasteiger partial charge on any atom is -0.384 e. The first-order chi connectivity index (χ1) is 11.5. The molecule has 0 spiro atoms. The second-order valence-corrected chi connectivity index (χ2v) is 6.43. The molecule has 0 radical (unpaired) electrons. The van der Waals surface area contributed by atoms with Gasteiger partial charge in [-0.3, -0.25) is 0 Å². The minimum atomic E-state index is -0.869. The third kappa shape index (κ3) is 3.35. The molecule has 0 bridgehead atoms. The van der Waals surface area contributed by atoms with Crippen molar-refractivity contribution in [2.45, 2.75) is 13.0 Å². The molecule has 0 aliphatic carbocycles. The van der Waals surface area contributed by atoms with E-state index in [1.807, 2.05) is 13.0 Å². The fourth-order valence-electron chi connectivity index (χ4n) is 2.72. The topological polar surface area (TPSA) is 64.6 Å². The highest BCUT2D eigenvalue weighted by Gasteiger charge is 2.23. The Kier molecular flexibility index (Phi) is 4.96. The molecule has 126 valence electrons. The lowest BCUT2D eigenvalue weighted by molar-refractivity contribution is 0.219. The van der Waals surface area contributed by atoms with Crippen LogP contribution < -0.4 is 15.8 Å². The highest BCUT2D eigenvalue weighted by molar-refractivity contribution is 6.32. The molecule has 1 aliphatic heterocycles. The van der Waals surface area contributed by atoms with Gasteiger partial charge in [0.2, 0.25) is 0 Å². The molecule has 3 rings (SSSR count). The van der Waals surface area contributed by atoms with Crippen LogP contribution in [-0.2, 0) is 0 Å². The fourth-order valence-corrected chi connectivity index (χ4v) is 3.21. The maximum absolute atomic E-state index is 11.9. The fraction of sp³-hybridized carbons (Fsp3) is 0.235. The molecule has 3 N–H and O–H groups in total. The number of halogens is 2. The molecule has 0 saturated carbocycles. The van der Waals surface area contributed by atoms with E-state index in [0.717, 1.165) is 5.56 Å². The lowest BCUT2D eigenvalue weighted by atomic mass is 9.97. The highest BCUT2D eigenvalue weighted by atomic mass is 35.5. The van der Waals surface area contributed by atoms with Crippen molar-refractivity contribution in [2.24, 2.45) is 0 Å². The highest BCUT2D eigenvalue weighted by Crippen LogP contribution is 2.34. The number of amides is 2. The monoisotopic (exact) mass is 365 g/mol. The van der Waals surface area contributed by atoms with E-state index in [0.29, 0.717) is 39.9 Å². The van der Waals surface area contributed by atoms with Crippen molar-refractivity contribution in [2.75, 3.05) is 18.1 Å². The molecule has 1 saturated heterocycles. The Morgan fingerprint density at radius 1 is 1.17 bits per heavy atom. The van der Waals surface area contributed by atoms with Gasteiger partial charge in [-0.15, -0.1) is 0 Å². The Morgan fingerprint density at radius 2 is 1.88 bits per heavy atom. The van der Waals surface area contributed by atoms with Gasteiger partial charge in [0, 0.05) is 28.7 Å². The number of aryl methyl sites for hydroxylation is 1. The van der Waals surface area contributed by atoms with Gasteiger partial charge in [-0.25, -0.2) is 15.2 Å². The molecule has 2 amide bonds. The Balaban J connectivity index is 1.95. The number of aliphatic hydroxyl groups excluding tert-OH is 1. The molecule has 1 aliphatic rings. The van der Waals surface area contributed by atoms with Crippen LogP contribution in [0, 0.1) is 6.92 Å². The molecule has 1 fully saturated rings. The van der Waals surface area contributed by atoms with E-state index in [1.54, 1.807) is 30.3 Å². The van der Waals surface area contributed by atoms with Crippen LogP contribution >= 0.6 is 23.2 Å². The van der Waals surface area contributed by atoms with Gasteiger partial charge in [0.1, 0.15) is 6.10 Å². The molecular weight excluding hydrogens is 349 g/mol. The van der Waals surface area contributed by atoms with Gasteiger partial charge in [0.15, 0.2) is 0 Å². The van der Waals surface area contributed by atoms with Crippen LogP contribution in [-0.4, -0.2) is 24.2 Å². The van der Waals surface area contributed by atoms with E-state index < -0.39 is 6.10 Å². The van der Waals surface area contributed by atoms with Crippen molar-refractivity contribution in [3.8, 4) is 0 Å². The summed E-state index contributed by atoms with van der Waals surface area (Å²) >= 11 is 12.3. The smallest absolute Gasteiger partial charge is 0.336 e. The summed E-state index contributed by atoms with van der Waals surface area (Å²) in [5.41, 5.74) is 5.74. The number of aliphatic hydroxyl groups is 1. The van der Waals surface area contributed by atoms with E-state index in [1.165, 1.54) is 5.01 Å². The van der Waals surface area contributed by atoms with Gasteiger partial charge in [-0.1, -0.05) is 35.3 Å². The van der Waals surface area contributed by atoms with Gasteiger partial charge < -0.3 is 10.4 Å². The predicted octanol–water partition coefficient (Wildman–Crippen LogP) is 3.42. The van der Waals surface area contributed by atoms with Crippen LogP contribution in [0.5, 0.6) is 0 Å². The van der Waals surface area contributed by atoms with E-state index in [2.05, 4.69) is 10.7 Å². The van der Waals surface area contributed by atoms with Gasteiger partial charge in [0.05, 0.1) is 5.69 Å². The van der Waals surface area contributed by atoms with Crippen molar-refractivity contribution in [3.05, 3.63) is 63.1 Å². The first-order valence-corrected chi connectivity index (χ1v) is 8.28. The molecule has 7 heteroatoms. The molecule has 24 heavy (non-hydrogen) atoms. The summed E-state index contributed by atoms with van der Waals surface area (Å²) in [6.45, 7) is 3.07. The molecular formula is C17H17Cl2N3O2. The largest absolute Gasteiger partial charge is 0.384 e. The standard InChI is InChI=1S/C17H17Cl2N3O2/c1-10-8-13(22-17(24)20-6-7-21-22)9-14(19)15(10)16(23)11-2-4-12(18)5-3-11/h2-5,8-9,16,21,23H,6-7H2,1H3,(H,20,24). The van der Waals surface area contributed by atoms with Crippen molar-refractivity contribution >= 4 is 34.9 Å². The van der Waals surface area contributed by atoms with Crippen LogP contribution in [0.2, 0.25) is 10.0 Å². The Labute approximate surface area is 150 Å². The molecule has 5 nitrogen and oxygen atoms in total. The summed E-state index contributed by atoms with van der Waals surface area (Å²) in [5, 5.41) is 15.8. The summed E-state index contributed by atoms with van der Waals surface area (Å²) < 4.78 is 0. The Morgan fingerprint density at radius 3 is 2.50 bits per heavy atom. The summed E-state index contributed by atoms with van der Waals surface area (Å²) in [5.74, 6) is 0. The average molecular weight is 366 g/mol. The number of nitrogens with zero attached hydrogens (tertiary/aromatic N) is 1. The zero-order chi connectivity index (χ0) is 17.3. The summed E-state index contributed by atoms with van der Waals surface area (Å²) in [4.78, 5) is 11.9. The molecule has 0 aromatic heterocycles. The molecule has 1 heterocycles. The van der Waals surface area contributed by atoms with Gasteiger partial charge >= 0.3 is 6.03 Å². The normalized spacial score (nSPS) is 16.0. The second-order valence-electron chi connectivity index (χ2n) is 5.59. The number of benzene rings is 2. The van der Waals surface area contributed by atoms with Crippen molar-refractivity contribution in [3.63, 3.8) is 0 Å². The van der Waals surface area contributed by atoms with Crippen LogP contribution in [0.15, 0.2) is 36.4 Å². The molecule has 1 atom stereocenters. The second kappa shape index (κ2) is 6.99. The van der Waals surface area contributed by atoms with Crippen molar-refractivity contribution in [1.82, 2.24) is 10.7 Å². The maximum atomic E-state index is 11.9. The van der Waals surface area contributed by atoms with E-state index in [-0.39, 0.29) is 6.03 Å². The lowest BCUT2D eigenvalue weighted by Gasteiger charge is -2.29. The van der Waals surface area contributed by atoms with Crippen LogP contribution in [0.4, 0.5) is 10.5 Å². The van der Waals surface area contributed by atoms with Crippen LogP contribution in [0.1, 0.15) is 22.8 Å². The van der Waals surface area contributed by atoms with E-state index in [4.69, 9.17) is 23.2 Å². The van der Waals surface area contributed by atoms with Crippen LogP contribution in [0.3, 0.4) is 0 Å². The molecule has 2 aromatic carbocycles. The molecule has 2 aromatic rings. The van der Waals surface area contributed by atoms with E-state index in [9.17, 15) is 9.90 Å². The quantitative estimate of drug-likeness (QED) is 0.780. The van der Waals surface area contributed by atoms with E-state index >= 15 is 0 Å². The molecule has 1 unspecified atom stereocenters. The Bertz CT molecular complexity index is 742. The van der Waals surface area contributed by atoms with Crippen molar-refractivity contribution < 1.29 is 9.90 Å². The lowest BCUT2D eigenvalue weighted by Crippen LogP contribution is -2.56. The van der Waals surface area contributed by atoms with Gasteiger partial charge in [0.25, 0.3) is 0 Å². The van der Waals surface area contributed by atoms with Crippen molar-refractivity contribution in [1.29, 1.82) is 0 Å². The zero-order valence-corrected chi connectivity index (χ0v) is 14.5. The Hall–Kier alpha value is -1.79. The SMILES string of the molecule is Cc1cc(N2NCCNC2=O)cc(Cl)c1C(O)c1ccc(Cl)cc1. The average Bonchev–Trinajstić information content (AvgIpc) is 2.55. The number of anilines is 1. The number of rotatable bonds is 3. The summed E-state index contributed by atoms with van der Waals surface area (Å²) in [6.07, 6.45) is -0.869. The third-order valence-electron chi connectivity index (χ3n) is 3.91. The predicted molar refractivity (Wildman–Crippen MR) is 95.6 cm³/mol. The summed E-state index contributed by atoms with van der Waals surface area (Å²) in [7, 11) is 0. The minimum absolute atomic E-state index is 0.234. The van der Waals surface area contributed by atoms with Crippen LogP contribution in [0.25, 0.3) is 0 Å².